The van der Waals surface area contributed by atoms with Crippen molar-refractivity contribution in [1.29, 1.82) is 0 Å². The smallest absolute Gasteiger partial charge is 0.410 e. The number of Topliss-reactive ketones (excluding diaryl/α,β-unsaturated/α-hetero) is 2. The lowest BCUT2D eigenvalue weighted by molar-refractivity contribution is 0.0249. The van der Waals surface area contributed by atoms with Gasteiger partial charge in [0.15, 0.2) is 11.6 Å². The lowest BCUT2D eigenvalue weighted by Crippen LogP contribution is -2.39. The van der Waals surface area contributed by atoms with Gasteiger partial charge in [0.25, 0.3) is 0 Å². The van der Waals surface area contributed by atoms with Crippen molar-refractivity contribution >= 4 is 17.7 Å². The zero-order valence-electron chi connectivity index (χ0n) is 16.7. The first kappa shape index (κ1) is 21.4. The second kappa shape index (κ2) is 9.83. The van der Waals surface area contributed by atoms with E-state index in [1.807, 2.05) is 12.1 Å². The van der Waals surface area contributed by atoms with E-state index in [-0.39, 0.29) is 37.5 Å². The maximum atomic E-state index is 12.5. The summed E-state index contributed by atoms with van der Waals surface area (Å²) in [7, 11) is 0. The van der Waals surface area contributed by atoms with Crippen molar-refractivity contribution in [3.63, 3.8) is 0 Å². The molecule has 5 nitrogen and oxygen atoms in total. The molecule has 28 heavy (non-hydrogen) atoms. The van der Waals surface area contributed by atoms with Gasteiger partial charge in [0.2, 0.25) is 0 Å². The van der Waals surface area contributed by atoms with Crippen LogP contribution in [-0.2, 0) is 4.74 Å². The van der Waals surface area contributed by atoms with Gasteiger partial charge in [-0.05, 0) is 20.8 Å². The van der Waals surface area contributed by atoms with E-state index in [9.17, 15) is 14.4 Å². The van der Waals surface area contributed by atoms with E-state index in [4.69, 9.17) is 4.74 Å². The highest BCUT2D eigenvalue weighted by atomic mass is 16.6. The average Bonchev–Trinajstić information content (AvgIpc) is 2.67. The molecular weight excluding hydrogens is 354 g/mol. The summed E-state index contributed by atoms with van der Waals surface area (Å²) in [5.41, 5.74) is 0.557. The summed E-state index contributed by atoms with van der Waals surface area (Å²) in [4.78, 5) is 38.7. The highest BCUT2D eigenvalue weighted by Gasteiger charge is 2.23. The fourth-order valence-electron chi connectivity index (χ4n) is 2.63. The van der Waals surface area contributed by atoms with Gasteiger partial charge in [0.05, 0.1) is 0 Å². The van der Waals surface area contributed by atoms with Crippen molar-refractivity contribution in [2.75, 3.05) is 13.1 Å². The highest BCUT2D eigenvalue weighted by Crippen LogP contribution is 2.13. The molecule has 2 aromatic rings. The van der Waals surface area contributed by atoms with Crippen LogP contribution < -0.4 is 0 Å². The van der Waals surface area contributed by atoms with Crippen molar-refractivity contribution in [2.24, 2.45) is 0 Å². The summed E-state index contributed by atoms with van der Waals surface area (Å²) in [6, 6.07) is 17.9. The molecule has 0 saturated carbocycles. The van der Waals surface area contributed by atoms with Gasteiger partial charge in [-0.25, -0.2) is 4.79 Å². The summed E-state index contributed by atoms with van der Waals surface area (Å²) in [6.07, 6.45) is -0.180. The molecule has 0 saturated heterocycles. The number of ketones is 2. The number of carbonyl (C=O) groups is 3. The van der Waals surface area contributed by atoms with Crippen LogP contribution in [0.3, 0.4) is 0 Å². The SMILES string of the molecule is CC(C)(C)OC(=O)N(CCC(=O)c1ccccc1)CCC(=O)c1ccccc1. The third kappa shape index (κ3) is 6.99. The number of nitrogens with zero attached hydrogens (tertiary/aromatic N) is 1. The second-order valence-corrected chi connectivity index (χ2v) is 7.55. The molecule has 2 aromatic carbocycles. The van der Waals surface area contributed by atoms with Crippen LogP contribution in [0.4, 0.5) is 4.79 Å². The quantitative estimate of drug-likeness (QED) is 0.618. The van der Waals surface area contributed by atoms with Crippen molar-refractivity contribution in [1.82, 2.24) is 4.90 Å². The van der Waals surface area contributed by atoms with Crippen LogP contribution in [0.2, 0.25) is 0 Å². The first-order valence-corrected chi connectivity index (χ1v) is 9.41. The van der Waals surface area contributed by atoms with Crippen molar-refractivity contribution in [2.45, 2.75) is 39.2 Å². The average molecular weight is 381 g/mol. The molecule has 1 amide bonds. The summed E-state index contributed by atoms with van der Waals surface area (Å²) in [6.45, 7) is 5.75. The summed E-state index contributed by atoms with van der Waals surface area (Å²) in [5.74, 6) is -0.105. The fraction of sp³-hybridized carbons (Fsp3) is 0.348. The Balaban J connectivity index is 2.01. The lowest BCUT2D eigenvalue weighted by atomic mass is 10.1. The molecule has 0 aliphatic heterocycles. The van der Waals surface area contributed by atoms with E-state index in [1.165, 1.54) is 4.90 Å². The Labute approximate surface area is 166 Å². The Morgan fingerprint density at radius 2 is 1.14 bits per heavy atom. The van der Waals surface area contributed by atoms with E-state index in [2.05, 4.69) is 0 Å². The topological polar surface area (TPSA) is 63.7 Å². The zero-order chi connectivity index (χ0) is 20.6. The van der Waals surface area contributed by atoms with Crippen molar-refractivity contribution < 1.29 is 19.1 Å². The largest absolute Gasteiger partial charge is 0.444 e. The molecule has 0 heterocycles. The van der Waals surface area contributed by atoms with Crippen LogP contribution in [0.25, 0.3) is 0 Å². The molecule has 0 bridgehead atoms. The maximum Gasteiger partial charge on any atom is 0.410 e. The third-order valence-electron chi connectivity index (χ3n) is 4.06. The van der Waals surface area contributed by atoms with Crippen LogP contribution in [-0.4, -0.2) is 41.3 Å². The van der Waals surface area contributed by atoms with E-state index in [1.54, 1.807) is 69.3 Å². The first-order chi connectivity index (χ1) is 13.3. The van der Waals surface area contributed by atoms with Crippen LogP contribution in [0.15, 0.2) is 60.7 Å². The lowest BCUT2D eigenvalue weighted by Gasteiger charge is -2.27. The molecule has 2 rings (SSSR count). The summed E-state index contributed by atoms with van der Waals surface area (Å²) < 4.78 is 5.44. The standard InChI is InChI=1S/C23H27NO4/c1-23(2,3)28-22(27)24(16-14-20(25)18-10-6-4-7-11-18)17-15-21(26)19-12-8-5-9-13-19/h4-13H,14-17H2,1-3H3. The first-order valence-electron chi connectivity index (χ1n) is 9.41. The van der Waals surface area contributed by atoms with Crippen LogP contribution in [0, 0.1) is 0 Å². The minimum Gasteiger partial charge on any atom is -0.444 e. The molecule has 0 spiro atoms. The van der Waals surface area contributed by atoms with Gasteiger partial charge in [-0.15, -0.1) is 0 Å². The zero-order valence-corrected chi connectivity index (χ0v) is 16.7. The molecule has 0 N–H and O–H groups in total. The Kier molecular flexibility index (Phi) is 7.50. The number of carbonyl (C=O) groups excluding carboxylic acids is 3. The molecule has 0 aliphatic rings. The molecule has 0 fully saturated rings. The van der Waals surface area contributed by atoms with Gasteiger partial charge in [-0.1, -0.05) is 60.7 Å². The maximum absolute atomic E-state index is 12.5. The van der Waals surface area contributed by atoms with Crippen LogP contribution >= 0.6 is 0 Å². The molecule has 148 valence electrons. The second-order valence-electron chi connectivity index (χ2n) is 7.55. The van der Waals surface area contributed by atoms with Gasteiger partial charge in [0.1, 0.15) is 5.60 Å². The van der Waals surface area contributed by atoms with E-state index in [0.29, 0.717) is 11.1 Å². The van der Waals surface area contributed by atoms with Gasteiger partial charge < -0.3 is 9.64 Å². The van der Waals surface area contributed by atoms with Gasteiger partial charge in [0, 0.05) is 37.1 Å². The molecule has 5 heteroatoms. The third-order valence-corrected chi connectivity index (χ3v) is 4.06. The molecule has 0 radical (unpaired) electrons. The molecule has 0 unspecified atom stereocenters. The number of ether oxygens (including phenoxy) is 1. The van der Waals surface area contributed by atoms with Crippen LogP contribution in [0.5, 0.6) is 0 Å². The molecule has 0 aliphatic carbocycles. The summed E-state index contributed by atoms with van der Waals surface area (Å²) >= 11 is 0. The number of rotatable bonds is 8. The van der Waals surface area contributed by atoms with E-state index in [0.717, 1.165) is 0 Å². The van der Waals surface area contributed by atoms with E-state index < -0.39 is 11.7 Å². The molecule has 0 atom stereocenters. The normalized spacial score (nSPS) is 11.0. The highest BCUT2D eigenvalue weighted by molar-refractivity contribution is 5.97. The van der Waals surface area contributed by atoms with Gasteiger partial charge in [-0.3, -0.25) is 9.59 Å². The van der Waals surface area contributed by atoms with E-state index >= 15 is 0 Å². The van der Waals surface area contributed by atoms with Crippen LogP contribution in [0.1, 0.15) is 54.3 Å². The number of amides is 1. The predicted octanol–water partition coefficient (Wildman–Crippen LogP) is 4.77. The predicted molar refractivity (Wildman–Crippen MR) is 109 cm³/mol. The Morgan fingerprint density at radius 3 is 1.50 bits per heavy atom. The fourth-order valence-corrected chi connectivity index (χ4v) is 2.63. The number of benzene rings is 2. The monoisotopic (exact) mass is 381 g/mol. The minimum absolute atomic E-state index is 0.0523. The van der Waals surface area contributed by atoms with Gasteiger partial charge >= 0.3 is 6.09 Å². The Hall–Kier alpha value is -2.95. The van der Waals surface area contributed by atoms with Crippen molar-refractivity contribution in [3.8, 4) is 0 Å². The Bertz CT molecular complexity index is 739. The van der Waals surface area contributed by atoms with Gasteiger partial charge in [-0.2, -0.15) is 0 Å². The number of hydrogen-bond acceptors (Lipinski definition) is 4. The number of hydrogen-bond donors (Lipinski definition) is 0. The van der Waals surface area contributed by atoms with Crippen molar-refractivity contribution in [3.05, 3.63) is 71.8 Å². The minimum atomic E-state index is -0.651. The Morgan fingerprint density at radius 1 is 0.750 bits per heavy atom. The summed E-state index contributed by atoms with van der Waals surface area (Å²) in [5, 5.41) is 0. The molecule has 0 aromatic heterocycles. The molecular formula is C23H27NO4.